The maximum atomic E-state index is 12.2. The molecule has 2 rings (SSSR count). The summed E-state index contributed by atoms with van der Waals surface area (Å²) in [5, 5.41) is 0. The van der Waals surface area contributed by atoms with E-state index in [1.165, 1.54) is 0 Å². The number of amides is 1. The molecule has 106 valence electrons. The zero-order valence-corrected chi connectivity index (χ0v) is 11.9. The van der Waals surface area contributed by atoms with Gasteiger partial charge < -0.3 is 9.64 Å². The van der Waals surface area contributed by atoms with Gasteiger partial charge in [0.1, 0.15) is 12.1 Å². The zero-order chi connectivity index (χ0) is 14.5. The van der Waals surface area contributed by atoms with Crippen molar-refractivity contribution in [1.82, 2.24) is 19.4 Å². The molecular formula is C14H18N4O2. The Morgan fingerprint density at radius 3 is 2.85 bits per heavy atom. The number of methoxy groups -OCH3 is 1. The van der Waals surface area contributed by atoms with E-state index in [-0.39, 0.29) is 12.0 Å². The van der Waals surface area contributed by atoms with Gasteiger partial charge in [0.25, 0.3) is 5.91 Å². The van der Waals surface area contributed by atoms with Crippen molar-refractivity contribution >= 4 is 5.91 Å². The third-order valence-electron chi connectivity index (χ3n) is 3.04. The van der Waals surface area contributed by atoms with Crippen LogP contribution in [0, 0.1) is 0 Å². The number of nitrogens with zero attached hydrogens (tertiary/aromatic N) is 4. The van der Waals surface area contributed by atoms with Crippen LogP contribution >= 0.6 is 0 Å². The van der Waals surface area contributed by atoms with Crippen molar-refractivity contribution in [2.24, 2.45) is 0 Å². The van der Waals surface area contributed by atoms with E-state index in [1.807, 2.05) is 6.92 Å². The summed E-state index contributed by atoms with van der Waals surface area (Å²) in [6.07, 6.45) is 6.72. The van der Waals surface area contributed by atoms with Crippen LogP contribution in [0.15, 0.2) is 37.1 Å². The molecule has 0 aliphatic heterocycles. The van der Waals surface area contributed by atoms with Gasteiger partial charge in [-0.2, -0.15) is 0 Å². The maximum absolute atomic E-state index is 12.2. The maximum Gasteiger partial charge on any atom is 0.255 e. The van der Waals surface area contributed by atoms with Crippen molar-refractivity contribution in [3.63, 3.8) is 0 Å². The van der Waals surface area contributed by atoms with Gasteiger partial charge in [0.15, 0.2) is 0 Å². The first-order valence-electron chi connectivity index (χ1n) is 6.34. The van der Waals surface area contributed by atoms with Gasteiger partial charge in [0, 0.05) is 39.3 Å². The minimum Gasteiger partial charge on any atom is -0.380 e. The van der Waals surface area contributed by atoms with Gasteiger partial charge in [-0.1, -0.05) is 0 Å². The number of rotatable bonds is 5. The Balaban J connectivity index is 2.08. The summed E-state index contributed by atoms with van der Waals surface area (Å²) < 4.78 is 6.94. The molecule has 0 bridgehead atoms. The van der Waals surface area contributed by atoms with Crippen LogP contribution in [0.25, 0.3) is 5.82 Å². The average molecular weight is 274 g/mol. The lowest BCUT2D eigenvalue weighted by molar-refractivity contribution is 0.0599. The number of pyridine rings is 1. The van der Waals surface area contributed by atoms with Gasteiger partial charge in [-0.3, -0.25) is 9.36 Å². The van der Waals surface area contributed by atoms with Gasteiger partial charge in [-0.25, -0.2) is 9.97 Å². The number of hydrogen-bond acceptors (Lipinski definition) is 4. The molecule has 0 saturated heterocycles. The largest absolute Gasteiger partial charge is 0.380 e. The number of ether oxygens (including phenoxy) is 1. The highest BCUT2D eigenvalue weighted by Crippen LogP contribution is 2.08. The lowest BCUT2D eigenvalue weighted by atomic mass is 10.2. The third-order valence-corrected chi connectivity index (χ3v) is 3.04. The summed E-state index contributed by atoms with van der Waals surface area (Å²) in [5.74, 6) is 0.658. The Labute approximate surface area is 118 Å². The molecule has 0 fully saturated rings. The smallest absolute Gasteiger partial charge is 0.255 e. The molecular weight excluding hydrogens is 256 g/mol. The normalized spacial score (nSPS) is 12.2. The van der Waals surface area contributed by atoms with E-state index in [9.17, 15) is 4.79 Å². The molecule has 1 amide bonds. The molecule has 0 saturated carbocycles. The van der Waals surface area contributed by atoms with Crippen LogP contribution in [-0.2, 0) is 4.74 Å². The van der Waals surface area contributed by atoms with Gasteiger partial charge in [0.2, 0.25) is 0 Å². The fraction of sp³-hybridized carbons (Fsp3) is 0.357. The fourth-order valence-electron chi connectivity index (χ4n) is 1.82. The molecule has 0 unspecified atom stereocenters. The van der Waals surface area contributed by atoms with Gasteiger partial charge in [-0.05, 0) is 19.1 Å². The lowest BCUT2D eigenvalue weighted by Crippen LogP contribution is -2.33. The van der Waals surface area contributed by atoms with E-state index in [4.69, 9.17) is 4.74 Å². The standard InChI is InChI=1S/C14H18N4O2/c1-11(20-3)9-17(2)14(19)12-4-5-13(16-8-12)18-7-6-15-10-18/h4-8,10-11H,9H2,1-3H3/t11-/m1/s1. The number of imidazole rings is 1. The second-order valence-electron chi connectivity index (χ2n) is 4.61. The summed E-state index contributed by atoms with van der Waals surface area (Å²) in [4.78, 5) is 22.1. The molecule has 0 N–H and O–H groups in total. The highest BCUT2D eigenvalue weighted by molar-refractivity contribution is 5.93. The first kappa shape index (κ1) is 14.2. The Morgan fingerprint density at radius 1 is 1.50 bits per heavy atom. The summed E-state index contributed by atoms with van der Waals surface area (Å²) in [6, 6.07) is 3.56. The van der Waals surface area contributed by atoms with Crippen LogP contribution in [0.4, 0.5) is 0 Å². The monoisotopic (exact) mass is 274 g/mol. The Hall–Kier alpha value is -2.21. The Morgan fingerprint density at radius 2 is 2.30 bits per heavy atom. The highest BCUT2D eigenvalue weighted by atomic mass is 16.5. The summed E-state index contributed by atoms with van der Waals surface area (Å²) in [5.41, 5.74) is 0.555. The summed E-state index contributed by atoms with van der Waals surface area (Å²) >= 11 is 0. The number of aromatic nitrogens is 3. The van der Waals surface area contributed by atoms with E-state index in [0.29, 0.717) is 12.1 Å². The van der Waals surface area contributed by atoms with Gasteiger partial charge in [-0.15, -0.1) is 0 Å². The SMILES string of the molecule is CO[C@H](C)CN(C)C(=O)c1ccc(-n2ccnc2)nc1. The Kier molecular flexibility index (Phi) is 4.47. The molecule has 2 aromatic rings. The minimum atomic E-state index is -0.0708. The van der Waals surface area contributed by atoms with Crippen molar-refractivity contribution in [1.29, 1.82) is 0 Å². The van der Waals surface area contributed by atoms with Crippen LogP contribution in [0.3, 0.4) is 0 Å². The van der Waals surface area contributed by atoms with E-state index < -0.39 is 0 Å². The molecule has 2 aromatic heterocycles. The fourth-order valence-corrected chi connectivity index (χ4v) is 1.82. The molecule has 0 aliphatic carbocycles. The Bertz CT molecular complexity index is 551. The first-order valence-corrected chi connectivity index (χ1v) is 6.34. The summed E-state index contributed by atoms with van der Waals surface area (Å²) in [7, 11) is 3.38. The number of likely N-dealkylation sites (N-methyl/N-ethyl adjacent to an activating group) is 1. The van der Waals surface area contributed by atoms with Crippen LogP contribution < -0.4 is 0 Å². The van der Waals surface area contributed by atoms with E-state index >= 15 is 0 Å². The third kappa shape index (κ3) is 3.21. The van der Waals surface area contributed by atoms with Crippen LogP contribution in [0.5, 0.6) is 0 Å². The summed E-state index contributed by atoms with van der Waals surface area (Å²) in [6.45, 7) is 2.46. The van der Waals surface area contributed by atoms with Crippen molar-refractivity contribution in [2.75, 3.05) is 20.7 Å². The van der Waals surface area contributed by atoms with Crippen molar-refractivity contribution in [2.45, 2.75) is 13.0 Å². The molecule has 2 heterocycles. The predicted molar refractivity (Wildman–Crippen MR) is 74.8 cm³/mol. The quantitative estimate of drug-likeness (QED) is 0.826. The second-order valence-corrected chi connectivity index (χ2v) is 4.61. The molecule has 0 aromatic carbocycles. The lowest BCUT2D eigenvalue weighted by Gasteiger charge is -2.20. The number of carbonyl (C=O) groups excluding carboxylic acids is 1. The number of carbonyl (C=O) groups is 1. The second kappa shape index (κ2) is 6.29. The van der Waals surface area contributed by atoms with Crippen molar-refractivity contribution in [3.05, 3.63) is 42.6 Å². The van der Waals surface area contributed by atoms with E-state index in [2.05, 4.69) is 9.97 Å². The minimum absolute atomic E-state index is 0.00197. The number of hydrogen-bond donors (Lipinski definition) is 0. The van der Waals surface area contributed by atoms with Gasteiger partial charge >= 0.3 is 0 Å². The molecule has 0 spiro atoms. The molecule has 0 aliphatic rings. The zero-order valence-electron chi connectivity index (χ0n) is 11.9. The first-order chi connectivity index (χ1) is 9.61. The topological polar surface area (TPSA) is 60.2 Å². The van der Waals surface area contributed by atoms with Crippen LogP contribution in [0.1, 0.15) is 17.3 Å². The van der Waals surface area contributed by atoms with Crippen LogP contribution in [-0.4, -0.2) is 52.1 Å². The molecule has 0 radical (unpaired) electrons. The molecule has 20 heavy (non-hydrogen) atoms. The van der Waals surface area contributed by atoms with Crippen molar-refractivity contribution < 1.29 is 9.53 Å². The molecule has 6 heteroatoms. The van der Waals surface area contributed by atoms with E-state index in [0.717, 1.165) is 5.82 Å². The van der Waals surface area contributed by atoms with Crippen LogP contribution in [0.2, 0.25) is 0 Å². The van der Waals surface area contributed by atoms with Gasteiger partial charge in [0.05, 0.1) is 11.7 Å². The highest BCUT2D eigenvalue weighted by Gasteiger charge is 2.14. The average Bonchev–Trinajstić information content (AvgIpc) is 3.00. The molecule has 6 nitrogen and oxygen atoms in total. The van der Waals surface area contributed by atoms with E-state index in [1.54, 1.807) is 60.7 Å². The molecule has 1 atom stereocenters. The predicted octanol–water partition coefficient (Wildman–Crippen LogP) is 1.37. The van der Waals surface area contributed by atoms with Crippen molar-refractivity contribution in [3.8, 4) is 5.82 Å².